The van der Waals surface area contributed by atoms with Crippen molar-refractivity contribution in [3.05, 3.63) is 28.0 Å². The largest absolute Gasteiger partial charge is 0.433 e. The maximum absolute atomic E-state index is 12.3. The average Bonchev–Trinajstić information content (AvgIpc) is 2.15. The van der Waals surface area contributed by atoms with Gasteiger partial charge in [-0.25, -0.2) is 13.8 Å². The van der Waals surface area contributed by atoms with E-state index in [1.807, 2.05) is 0 Å². The molecule has 0 radical (unpaired) electrons. The molecule has 0 spiro atoms. The van der Waals surface area contributed by atoms with Gasteiger partial charge in [-0.3, -0.25) is 4.79 Å². The van der Waals surface area contributed by atoms with Gasteiger partial charge in [-0.2, -0.15) is 13.2 Å². The SMILES string of the molecule is O=Cc1nc(C(F)(F)F)c(C(F)F)cc1Cl. The van der Waals surface area contributed by atoms with Crippen LogP contribution in [0.5, 0.6) is 0 Å². The molecule has 0 aliphatic heterocycles. The zero-order chi connectivity index (χ0) is 12.5. The van der Waals surface area contributed by atoms with Crippen molar-refractivity contribution >= 4 is 17.9 Å². The van der Waals surface area contributed by atoms with E-state index in [-0.39, 0.29) is 6.29 Å². The van der Waals surface area contributed by atoms with Gasteiger partial charge in [0.2, 0.25) is 0 Å². The molecule has 0 bridgehead atoms. The zero-order valence-electron chi connectivity index (χ0n) is 7.36. The number of aldehydes is 1. The highest BCUT2D eigenvalue weighted by molar-refractivity contribution is 6.32. The fourth-order valence-corrected chi connectivity index (χ4v) is 1.20. The molecule has 0 N–H and O–H groups in total. The summed E-state index contributed by atoms with van der Waals surface area (Å²) < 4.78 is 61.5. The van der Waals surface area contributed by atoms with Crippen LogP contribution in [-0.4, -0.2) is 11.3 Å². The number of rotatable bonds is 2. The van der Waals surface area contributed by atoms with Gasteiger partial charge in [-0.1, -0.05) is 11.6 Å². The van der Waals surface area contributed by atoms with Crippen LogP contribution in [0.25, 0.3) is 0 Å². The van der Waals surface area contributed by atoms with Crippen molar-refractivity contribution in [2.24, 2.45) is 0 Å². The molecule has 0 aliphatic carbocycles. The first-order chi connectivity index (χ1) is 7.27. The summed E-state index contributed by atoms with van der Waals surface area (Å²) in [7, 11) is 0. The number of aromatic nitrogens is 1. The monoisotopic (exact) mass is 259 g/mol. The number of carbonyl (C=O) groups is 1. The number of hydrogen-bond donors (Lipinski definition) is 0. The molecule has 1 rings (SSSR count). The third kappa shape index (κ3) is 2.46. The van der Waals surface area contributed by atoms with Gasteiger partial charge in [0.05, 0.1) is 10.6 Å². The average molecular weight is 260 g/mol. The van der Waals surface area contributed by atoms with Crippen molar-refractivity contribution in [2.45, 2.75) is 12.6 Å². The number of nitrogens with zero attached hydrogens (tertiary/aromatic N) is 1. The highest BCUT2D eigenvalue weighted by Crippen LogP contribution is 2.36. The molecule has 0 amide bonds. The van der Waals surface area contributed by atoms with Gasteiger partial charge in [0.1, 0.15) is 5.69 Å². The second kappa shape index (κ2) is 4.32. The van der Waals surface area contributed by atoms with Crippen molar-refractivity contribution in [1.29, 1.82) is 0 Å². The van der Waals surface area contributed by atoms with Crippen LogP contribution < -0.4 is 0 Å². The highest BCUT2D eigenvalue weighted by atomic mass is 35.5. The van der Waals surface area contributed by atoms with Gasteiger partial charge in [0.25, 0.3) is 6.43 Å². The van der Waals surface area contributed by atoms with Gasteiger partial charge < -0.3 is 0 Å². The zero-order valence-corrected chi connectivity index (χ0v) is 8.11. The van der Waals surface area contributed by atoms with E-state index in [9.17, 15) is 26.7 Å². The molecule has 88 valence electrons. The highest BCUT2D eigenvalue weighted by Gasteiger charge is 2.38. The summed E-state index contributed by atoms with van der Waals surface area (Å²) in [6.45, 7) is 0. The Labute approximate surface area is 91.0 Å². The van der Waals surface area contributed by atoms with Crippen LogP contribution in [0.4, 0.5) is 22.0 Å². The van der Waals surface area contributed by atoms with Crippen molar-refractivity contribution in [3.8, 4) is 0 Å². The van der Waals surface area contributed by atoms with Crippen LogP contribution in [0, 0.1) is 0 Å². The molecule has 0 fully saturated rings. The Morgan fingerprint density at radius 1 is 1.38 bits per heavy atom. The molecule has 0 saturated carbocycles. The topological polar surface area (TPSA) is 30.0 Å². The fraction of sp³-hybridized carbons (Fsp3) is 0.250. The minimum atomic E-state index is -5.06. The van der Waals surface area contributed by atoms with E-state index < -0.39 is 34.6 Å². The quantitative estimate of drug-likeness (QED) is 0.601. The smallest absolute Gasteiger partial charge is 0.296 e. The molecular weight excluding hydrogens is 257 g/mol. The van der Waals surface area contributed by atoms with Crippen molar-refractivity contribution in [3.63, 3.8) is 0 Å². The summed E-state index contributed by atoms with van der Waals surface area (Å²) in [6.07, 6.45) is -8.47. The van der Waals surface area contributed by atoms with Crippen molar-refractivity contribution in [1.82, 2.24) is 4.98 Å². The summed E-state index contributed by atoms with van der Waals surface area (Å²) in [5, 5.41) is -0.543. The third-order valence-electron chi connectivity index (χ3n) is 1.65. The molecule has 8 heteroatoms. The Morgan fingerprint density at radius 2 is 1.94 bits per heavy atom. The van der Waals surface area contributed by atoms with Crippen LogP contribution in [0.2, 0.25) is 5.02 Å². The van der Waals surface area contributed by atoms with Crippen LogP contribution >= 0.6 is 11.6 Å². The van der Waals surface area contributed by atoms with Gasteiger partial charge in [-0.15, -0.1) is 0 Å². The van der Waals surface area contributed by atoms with E-state index in [2.05, 4.69) is 4.98 Å². The first-order valence-electron chi connectivity index (χ1n) is 3.78. The number of carbonyl (C=O) groups excluding carboxylic acids is 1. The number of halogens is 6. The first kappa shape index (κ1) is 12.8. The molecule has 0 saturated heterocycles. The predicted octanol–water partition coefficient (Wildman–Crippen LogP) is 3.50. The number of hydrogen-bond acceptors (Lipinski definition) is 2. The molecule has 0 aliphatic rings. The van der Waals surface area contributed by atoms with E-state index in [0.717, 1.165) is 0 Å². The standard InChI is InChI=1S/C8H3ClF5NO/c9-4-1-3(7(10)11)6(8(12,13)14)15-5(4)2-16/h1-2,7H. The van der Waals surface area contributed by atoms with Crippen LogP contribution in [0.3, 0.4) is 0 Å². The molecule has 0 atom stereocenters. The van der Waals surface area contributed by atoms with Crippen molar-refractivity contribution in [2.75, 3.05) is 0 Å². The summed E-state index contributed by atoms with van der Waals surface area (Å²) in [5.74, 6) is 0. The van der Waals surface area contributed by atoms with E-state index in [4.69, 9.17) is 11.6 Å². The molecule has 0 unspecified atom stereocenters. The van der Waals surface area contributed by atoms with Crippen LogP contribution in [0.1, 0.15) is 28.2 Å². The molecular formula is C8H3ClF5NO. The third-order valence-corrected chi connectivity index (χ3v) is 1.95. The fourth-order valence-electron chi connectivity index (χ4n) is 0.993. The lowest BCUT2D eigenvalue weighted by molar-refractivity contribution is -0.143. The molecule has 2 nitrogen and oxygen atoms in total. The van der Waals surface area contributed by atoms with Gasteiger partial charge >= 0.3 is 6.18 Å². The summed E-state index contributed by atoms with van der Waals surface area (Å²) in [5.41, 5.74) is -3.87. The van der Waals surface area contributed by atoms with E-state index in [0.29, 0.717) is 6.07 Å². The molecule has 1 aromatic rings. The summed E-state index contributed by atoms with van der Waals surface area (Å²) in [6, 6.07) is 0.395. The Kier molecular flexibility index (Phi) is 3.47. The maximum Gasteiger partial charge on any atom is 0.433 e. The molecule has 16 heavy (non-hydrogen) atoms. The van der Waals surface area contributed by atoms with E-state index in [1.54, 1.807) is 0 Å². The Morgan fingerprint density at radius 3 is 2.31 bits per heavy atom. The minimum absolute atomic E-state index is 0.0349. The minimum Gasteiger partial charge on any atom is -0.296 e. The Hall–Kier alpha value is -1.24. The number of pyridine rings is 1. The number of alkyl halides is 5. The summed E-state index contributed by atoms with van der Waals surface area (Å²) in [4.78, 5) is 13.1. The molecule has 1 heterocycles. The molecule has 0 aromatic carbocycles. The lowest BCUT2D eigenvalue weighted by atomic mass is 10.1. The second-order valence-corrected chi connectivity index (χ2v) is 3.12. The van der Waals surface area contributed by atoms with E-state index in [1.165, 1.54) is 0 Å². The van der Waals surface area contributed by atoms with Gasteiger partial charge in [0, 0.05) is 0 Å². The van der Waals surface area contributed by atoms with Gasteiger partial charge in [-0.05, 0) is 6.07 Å². The first-order valence-corrected chi connectivity index (χ1v) is 4.16. The van der Waals surface area contributed by atoms with Gasteiger partial charge in [0.15, 0.2) is 12.0 Å². The normalized spacial score (nSPS) is 11.9. The van der Waals surface area contributed by atoms with E-state index >= 15 is 0 Å². The predicted molar refractivity (Wildman–Crippen MR) is 44.6 cm³/mol. The lowest BCUT2D eigenvalue weighted by Crippen LogP contribution is -2.14. The van der Waals surface area contributed by atoms with Crippen LogP contribution in [0.15, 0.2) is 6.07 Å². The second-order valence-electron chi connectivity index (χ2n) is 2.71. The summed E-state index contributed by atoms with van der Waals surface area (Å²) >= 11 is 5.30. The Balaban J connectivity index is 3.49. The lowest BCUT2D eigenvalue weighted by Gasteiger charge is -2.12. The van der Waals surface area contributed by atoms with Crippen LogP contribution in [-0.2, 0) is 6.18 Å². The van der Waals surface area contributed by atoms with Crippen molar-refractivity contribution < 1.29 is 26.7 Å². The maximum atomic E-state index is 12.3. The molecule has 1 aromatic heterocycles. The Bertz CT molecular complexity index is 418.